The van der Waals surface area contributed by atoms with Gasteiger partial charge in [-0.05, 0) is 42.7 Å². The van der Waals surface area contributed by atoms with E-state index >= 15 is 0 Å². The van der Waals surface area contributed by atoms with Gasteiger partial charge >= 0.3 is 0 Å². The molecule has 5 nitrogen and oxygen atoms in total. The highest BCUT2D eigenvalue weighted by molar-refractivity contribution is 5.90. The second-order valence-corrected chi connectivity index (χ2v) is 4.79. The molecule has 0 aliphatic rings. The van der Waals surface area contributed by atoms with E-state index in [4.69, 9.17) is 10.5 Å². The summed E-state index contributed by atoms with van der Waals surface area (Å²) in [7, 11) is 1.58. The molecular weight excluding hydrogens is 266 g/mol. The number of hydrogen-bond donors (Lipinski definition) is 2. The van der Waals surface area contributed by atoms with Crippen LogP contribution in [0.4, 0.5) is 11.5 Å². The van der Waals surface area contributed by atoms with Gasteiger partial charge in [-0.25, -0.2) is 4.98 Å². The molecule has 2 aromatic rings. The summed E-state index contributed by atoms with van der Waals surface area (Å²) >= 11 is 0. The fourth-order valence-electron chi connectivity index (χ4n) is 2.01. The zero-order chi connectivity index (χ0) is 15.2. The Morgan fingerprint density at radius 2 is 2.19 bits per heavy atom. The lowest BCUT2D eigenvalue weighted by Gasteiger charge is -2.08. The highest BCUT2D eigenvalue weighted by Gasteiger charge is 2.07. The molecule has 2 rings (SSSR count). The Bertz CT molecular complexity index is 641. The average molecular weight is 285 g/mol. The molecule has 0 aliphatic heterocycles. The molecule has 1 heterocycles. The van der Waals surface area contributed by atoms with Crippen LogP contribution in [0.3, 0.4) is 0 Å². The van der Waals surface area contributed by atoms with Crippen LogP contribution in [0.25, 0.3) is 0 Å². The second kappa shape index (κ2) is 6.74. The quantitative estimate of drug-likeness (QED) is 0.828. The molecule has 0 fully saturated rings. The largest absolute Gasteiger partial charge is 0.495 e. The zero-order valence-corrected chi connectivity index (χ0v) is 12.2. The number of carbonyl (C=O) groups excluding carboxylic acids is 1. The van der Waals surface area contributed by atoms with Crippen molar-refractivity contribution in [3.8, 4) is 5.75 Å². The Morgan fingerprint density at radius 1 is 1.38 bits per heavy atom. The van der Waals surface area contributed by atoms with Gasteiger partial charge in [0, 0.05) is 12.6 Å². The van der Waals surface area contributed by atoms with Gasteiger partial charge in [-0.3, -0.25) is 4.79 Å². The number of rotatable bonds is 5. The molecule has 0 saturated carbocycles. The van der Waals surface area contributed by atoms with Crippen molar-refractivity contribution >= 4 is 17.4 Å². The van der Waals surface area contributed by atoms with E-state index in [-0.39, 0.29) is 5.91 Å². The Hall–Kier alpha value is -2.56. The maximum absolute atomic E-state index is 11.9. The first-order chi connectivity index (χ1) is 10.1. The number of hydrogen-bond acceptors (Lipinski definition) is 4. The van der Waals surface area contributed by atoms with Crippen molar-refractivity contribution in [2.45, 2.75) is 19.8 Å². The van der Waals surface area contributed by atoms with Crippen LogP contribution in [0.1, 0.15) is 17.5 Å². The maximum Gasteiger partial charge on any atom is 0.225 e. The van der Waals surface area contributed by atoms with Crippen LogP contribution in [-0.2, 0) is 11.2 Å². The summed E-state index contributed by atoms with van der Waals surface area (Å²) in [6.45, 7) is 1.91. The molecule has 0 unspecified atom stereocenters. The van der Waals surface area contributed by atoms with E-state index in [1.807, 2.05) is 37.3 Å². The first-order valence-electron chi connectivity index (χ1n) is 6.74. The maximum atomic E-state index is 11.9. The van der Waals surface area contributed by atoms with Crippen LogP contribution < -0.4 is 15.8 Å². The predicted molar refractivity (Wildman–Crippen MR) is 83.3 cm³/mol. The molecule has 21 heavy (non-hydrogen) atoms. The number of benzene rings is 1. The number of amides is 1. The van der Waals surface area contributed by atoms with Crippen LogP contribution >= 0.6 is 0 Å². The lowest BCUT2D eigenvalue weighted by atomic mass is 10.1. The summed E-state index contributed by atoms with van der Waals surface area (Å²) in [5.41, 5.74) is 8.37. The second-order valence-electron chi connectivity index (χ2n) is 4.79. The minimum absolute atomic E-state index is 0.0637. The van der Waals surface area contributed by atoms with Crippen molar-refractivity contribution in [3.63, 3.8) is 0 Å². The number of methoxy groups -OCH3 is 1. The molecule has 1 amide bonds. The van der Waals surface area contributed by atoms with E-state index in [2.05, 4.69) is 10.3 Å². The van der Waals surface area contributed by atoms with Gasteiger partial charge in [0.25, 0.3) is 0 Å². The van der Waals surface area contributed by atoms with Crippen LogP contribution in [0.15, 0.2) is 36.5 Å². The Morgan fingerprint density at radius 3 is 2.86 bits per heavy atom. The molecule has 0 radical (unpaired) electrons. The molecule has 1 aromatic carbocycles. The first-order valence-corrected chi connectivity index (χ1v) is 6.74. The monoisotopic (exact) mass is 285 g/mol. The SMILES string of the molecule is COc1ccc(CCC(=O)Nc2ncccc2C)cc1N. The summed E-state index contributed by atoms with van der Waals surface area (Å²) < 4.78 is 5.11. The van der Waals surface area contributed by atoms with E-state index in [0.29, 0.717) is 30.1 Å². The van der Waals surface area contributed by atoms with E-state index < -0.39 is 0 Å². The van der Waals surface area contributed by atoms with Crippen molar-refractivity contribution in [2.24, 2.45) is 0 Å². The van der Waals surface area contributed by atoms with E-state index in [1.54, 1.807) is 13.3 Å². The molecule has 0 bridgehead atoms. The fraction of sp³-hybridized carbons (Fsp3) is 0.250. The molecule has 0 atom stereocenters. The minimum atomic E-state index is -0.0637. The molecular formula is C16H19N3O2. The van der Waals surface area contributed by atoms with E-state index in [1.165, 1.54) is 0 Å². The standard InChI is InChI=1S/C16H19N3O2/c1-11-4-3-9-18-16(11)19-15(20)8-6-12-5-7-14(21-2)13(17)10-12/h3-5,7,9-10H,6,8,17H2,1-2H3,(H,18,19,20). The van der Waals surface area contributed by atoms with Gasteiger partial charge in [0.2, 0.25) is 5.91 Å². The number of anilines is 2. The van der Waals surface area contributed by atoms with Gasteiger partial charge in [0.05, 0.1) is 12.8 Å². The summed E-state index contributed by atoms with van der Waals surface area (Å²) in [5.74, 6) is 1.19. The lowest BCUT2D eigenvalue weighted by Crippen LogP contribution is -2.14. The third-order valence-corrected chi connectivity index (χ3v) is 3.20. The molecule has 3 N–H and O–H groups in total. The summed E-state index contributed by atoms with van der Waals surface area (Å²) in [6, 6.07) is 9.30. The topological polar surface area (TPSA) is 77.2 Å². The van der Waals surface area contributed by atoms with E-state index in [0.717, 1.165) is 11.1 Å². The highest BCUT2D eigenvalue weighted by atomic mass is 16.5. The first kappa shape index (κ1) is 14.8. The smallest absolute Gasteiger partial charge is 0.225 e. The Balaban J connectivity index is 1.92. The van der Waals surface area contributed by atoms with Crippen LogP contribution in [0.5, 0.6) is 5.75 Å². The third kappa shape index (κ3) is 3.95. The molecule has 5 heteroatoms. The summed E-state index contributed by atoms with van der Waals surface area (Å²) in [6.07, 6.45) is 2.65. The van der Waals surface area contributed by atoms with Crippen molar-refractivity contribution in [1.82, 2.24) is 4.98 Å². The number of aromatic nitrogens is 1. The Kier molecular flexibility index (Phi) is 4.77. The number of nitrogen functional groups attached to an aromatic ring is 1. The normalized spacial score (nSPS) is 10.2. The van der Waals surface area contributed by atoms with Crippen molar-refractivity contribution in [2.75, 3.05) is 18.2 Å². The predicted octanol–water partition coefficient (Wildman–Crippen LogP) is 2.55. The van der Waals surface area contributed by atoms with Crippen LogP contribution in [-0.4, -0.2) is 18.0 Å². The van der Waals surface area contributed by atoms with Crippen molar-refractivity contribution in [1.29, 1.82) is 0 Å². The summed E-state index contributed by atoms with van der Waals surface area (Å²) in [5, 5.41) is 2.81. The van der Waals surface area contributed by atoms with Gasteiger partial charge in [-0.1, -0.05) is 12.1 Å². The number of pyridine rings is 1. The van der Waals surface area contributed by atoms with Crippen LogP contribution in [0.2, 0.25) is 0 Å². The van der Waals surface area contributed by atoms with Gasteiger partial charge < -0.3 is 15.8 Å². The number of aryl methyl sites for hydroxylation is 2. The number of nitrogens with two attached hydrogens (primary N) is 1. The molecule has 0 saturated heterocycles. The van der Waals surface area contributed by atoms with Gasteiger partial charge in [0.15, 0.2) is 0 Å². The van der Waals surface area contributed by atoms with Crippen molar-refractivity contribution in [3.05, 3.63) is 47.7 Å². The number of nitrogens with one attached hydrogen (secondary N) is 1. The lowest BCUT2D eigenvalue weighted by molar-refractivity contribution is -0.116. The Labute approximate surface area is 124 Å². The van der Waals surface area contributed by atoms with Gasteiger partial charge in [-0.15, -0.1) is 0 Å². The average Bonchev–Trinajstić information content (AvgIpc) is 2.48. The minimum Gasteiger partial charge on any atom is -0.495 e. The van der Waals surface area contributed by atoms with Gasteiger partial charge in [-0.2, -0.15) is 0 Å². The molecule has 0 aliphatic carbocycles. The number of carbonyl (C=O) groups is 1. The third-order valence-electron chi connectivity index (χ3n) is 3.20. The van der Waals surface area contributed by atoms with E-state index in [9.17, 15) is 4.79 Å². The fourth-order valence-corrected chi connectivity index (χ4v) is 2.01. The zero-order valence-electron chi connectivity index (χ0n) is 12.2. The van der Waals surface area contributed by atoms with Gasteiger partial charge in [0.1, 0.15) is 11.6 Å². The highest BCUT2D eigenvalue weighted by Crippen LogP contribution is 2.22. The molecule has 1 aromatic heterocycles. The van der Waals surface area contributed by atoms with Crippen molar-refractivity contribution < 1.29 is 9.53 Å². The molecule has 0 spiro atoms. The molecule has 110 valence electrons. The number of ether oxygens (including phenoxy) is 1. The van der Waals surface area contributed by atoms with Crippen LogP contribution in [0, 0.1) is 6.92 Å². The number of nitrogens with zero attached hydrogens (tertiary/aromatic N) is 1. The summed E-state index contributed by atoms with van der Waals surface area (Å²) in [4.78, 5) is 16.1.